The number of benzene rings is 1. The molecule has 1 amide bonds. The zero-order valence-corrected chi connectivity index (χ0v) is 20.4. The Kier molecular flexibility index (Phi) is 8.60. The molecule has 0 atom stereocenters. The molecule has 4 rings (SSSR count). The molecule has 2 aliphatic carbocycles. The highest BCUT2D eigenvalue weighted by molar-refractivity contribution is 5.86. The summed E-state index contributed by atoms with van der Waals surface area (Å²) < 4.78 is 12.5. The lowest BCUT2D eigenvalue weighted by atomic mass is 9.92. The van der Waals surface area contributed by atoms with Gasteiger partial charge in [-0.05, 0) is 69.9 Å². The molecule has 33 heavy (non-hydrogen) atoms. The van der Waals surface area contributed by atoms with E-state index in [9.17, 15) is 4.79 Å². The number of rotatable bonds is 10. The van der Waals surface area contributed by atoms with E-state index in [2.05, 4.69) is 25.2 Å². The first-order valence-corrected chi connectivity index (χ1v) is 13.1. The number of fused-ring (bicyclic) bond motifs is 1. The summed E-state index contributed by atoms with van der Waals surface area (Å²) in [5.74, 6) is 1.80. The standard InChI is InChI=1S/C28H40N2O3/c1-3-4-17-32-28-20(2)26(30-25-12-8-7-11-24(25)28)19-33-23-15-13-22(14-16-23)29-27(31)18-21-9-5-6-10-21/h7-8,11-12,21-23H,3-6,9-10,13-19H2,1-2H3,(H,29,31)/t22-,23-. The van der Waals surface area contributed by atoms with E-state index in [1.54, 1.807) is 0 Å². The number of para-hydroxylation sites is 1. The summed E-state index contributed by atoms with van der Waals surface area (Å²) in [5, 5.41) is 4.35. The molecule has 0 unspecified atom stereocenters. The van der Waals surface area contributed by atoms with Crippen molar-refractivity contribution in [3.63, 3.8) is 0 Å². The Morgan fingerprint density at radius 3 is 2.61 bits per heavy atom. The van der Waals surface area contributed by atoms with Crippen molar-refractivity contribution in [2.75, 3.05) is 6.61 Å². The molecule has 0 spiro atoms. The van der Waals surface area contributed by atoms with E-state index in [-0.39, 0.29) is 12.0 Å². The van der Waals surface area contributed by atoms with Crippen LogP contribution in [0.3, 0.4) is 0 Å². The molecule has 2 saturated carbocycles. The number of carbonyl (C=O) groups excluding carboxylic acids is 1. The van der Waals surface area contributed by atoms with E-state index in [4.69, 9.17) is 14.5 Å². The summed E-state index contributed by atoms with van der Waals surface area (Å²) in [5.41, 5.74) is 3.01. The molecule has 0 bridgehead atoms. The van der Waals surface area contributed by atoms with Gasteiger partial charge in [0.2, 0.25) is 5.91 Å². The molecule has 2 fully saturated rings. The van der Waals surface area contributed by atoms with Crippen LogP contribution in [0.5, 0.6) is 5.75 Å². The average molecular weight is 453 g/mol. The number of hydrogen-bond donors (Lipinski definition) is 1. The van der Waals surface area contributed by atoms with Gasteiger partial charge in [-0.1, -0.05) is 38.3 Å². The quantitative estimate of drug-likeness (QED) is 0.433. The predicted molar refractivity (Wildman–Crippen MR) is 132 cm³/mol. The number of amides is 1. The van der Waals surface area contributed by atoms with Crippen LogP contribution in [0.15, 0.2) is 24.3 Å². The van der Waals surface area contributed by atoms with Crippen molar-refractivity contribution in [3.8, 4) is 5.75 Å². The van der Waals surface area contributed by atoms with Crippen molar-refractivity contribution in [2.24, 2.45) is 5.92 Å². The van der Waals surface area contributed by atoms with E-state index < -0.39 is 0 Å². The molecule has 5 nitrogen and oxygen atoms in total. The first-order chi connectivity index (χ1) is 16.1. The van der Waals surface area contributed by atoms with Gasteiger partial charge in [-0.3, -0.25) is 4.79 Å². The molecular formula is C28H40N2O3. The van der Waals surface area contributed by atoms with Crippen LogP contribution < -0.4 is 10.1 Å². The van der Waals surface area contributed by atoms with Crippen LogP contribution in [0.1, 0.15) is 88.8 Å². The highest BCUT2D eigenvalue weighted by Gasteiger charge is 2.25. The van der Waals surface area contributed by atoms with E-state index in [1.165, 1.54) is 25.7 Å². The Morgan fingerprint density at radius 1 is 1.09 bits per heavy atom. The summed E-state index contributed by atoms with van der Waals surface area (Å²) in [6.07, 6.45) is 12.1. The number of ether oxygens (including phenoxy) is 2. The third-order valence-corrected chi connectivity index (χ3v) is 7.37. The molecule has 2 aromatic rings. The van der Waals surface area contributed by atoms with Gasteiger partial charge in [0, 0.05) is 23.4 Å². The zero-order valence-electron chi connectivity index (χ0n) is 20.4. The van der Waals surface area contributed by atoms with Gasteiger partial charge in [0.15, 0.2) is 0 Å². The molecule has 180 valence electrons. The lowest BCUT2D eigenvalue weighted by molar-refractivity contribution is -0.123. The number of nitrogens with zero attached hydrogens (tertiary/aromatic N) is 1. The third-order valence-electron chi connectivity index (χ3n) is 7.37. The second kappa shape index (κ2) is 11.8. The van der Waals surface area contributed by atoms with Crippen LogP contribution in [0.2, 0.25) is 0 Å². The fourth-order valence-electron chi connectivity index (χ4n) is 5.30. The monoisotopic (exact) mass is 452 g/mol. The summed E-state index contributed by atoms with van der Waals surface area (Å²) in [4.78, 5) is 17.3. The number of nitrogens with one attached hydrogen (secondary N) is 1. The van der Waals surface area contributed by atoms with E-state index in [0.717, 1.165) is 73.0 Å². The topological polar surface area (TPSA) is 60.5 Å². The fraction of sp³-hybridized carbons (Fsp3) is 0.643. The minimum atomic E-state index is 0.227. The molecule has 1 N–H and O–H groups in total. The maximum absolute atomic E-state index is 12.4. The van der Waals surface area contributed by atoms with Crippen molar-refractivity contribution >= 4 is 16.8 Å². The Morgan fingerprint density at radius 2 is 1.85 bits per heavy atom. The SMILES string of the molecule is CCCCOc1c(C)c(CO[C@H]2CC[C@H](NC(=O)CC3CCCC3)CC2)nc2ccccc12. The van der Waals surface area contributed by atoms with Crippen LogP contribution in [0.4, 0.5) is 0 Å². The minimum Gasteiger partial charge on any atom is -0.493 e. The first kappa shape index (κ1) is 24.0. The molecule has 1 aromatic carbocycles. The van der Waals surface area contributed by atoms with Gasteiger partial charge in [-0.2, -0.15) is 0 Å². The van der Waals surface area contributed by atoms with Crippen LogP contribution >= 0.6 is 0 Å². The molecule has 0 aliphatic heterocycles. The molecular weight excluding hydrogens is 412 g/mol. The van der Waals surface area contributed by atoms with Crippen LogP contribution in [0.25, 0.3) is 10.9 Å². The Balaban J connectivity index is 1.29. The summed E-state index contributed by atoms with van der Waals surface area (Å²) >= 11 is 0. The largest absolute Gasteiger partial charge is 0.493 e. The van der Waals surface area contributed by atoms with Gasteiger partial charge in [0.25, 0.3) is 0 Å². The average Bonchev–Trinajstić information content (AvgIpc) is 3.33. The van der Waals surface area contributed by atoms with Crippen molar-refractivity contribution in [3.05, 3.63) is 35.5 Å². The van der Waals surface area contributed by atoms with Gasteiger partial charge in [0.1, 0.15) is 5.75 Å². The van der Waals surface area contributed by atoms with Crippen LogP contribution in [-0.2, 0) is 16.1 Å². The van der Waals surface area contributed by atoms with Gasteiger partial charge >= 0.3 is 0 Å². The molecule has 0 radical (unpaired) electrons. The van der Waals surface area contributed by atoms with Crippen LogP contribution in [-0.4, -0.2) is 29.6 Å². The van der Waals surface area contributed by atoms with E-state index in [1.807, 2.05) is 18.2 Å². The second-order valence-corrected chi connectivity index (χ2v) is 9.94. The zero-order chi connectivity index (χ0) is 23.0. The number of hydrogen-bond acceptors (Lipinski definition) is 4. The summed E-state index contributed by atoms with van der Waals surface area (Å²) in [6.45, 7) is 5.50. The Bertz CT molecular complexity index is 915. The smallest absolute Gasteiger partial charge is 0.220 e. The van der Waals surface area contributed by atoms with Crippen molar-refractivity contribution in [1.82, 2.24) is 10.3 Å². The minimum absolute atomic E-state index is 0.227. The normalized spacial score (nSPS) is 21.4. The van der Waals surface area contributed by atoms with Gasteiger partial charge in [-0.15, -0.1) is 0 Å². The van der Waals surface area contributed by atoms with Crippen molar-refractivity contribution in [1.29, 1.82) is 0 Å². The maximum Gasteiger partial charge on any atom is 0.220 e. The highest BCUT2D eigenvalue weighted by atomic mass is 16.5. The second-order valence-electron chi connectivity index (χ2n) is 9.94. The molecule has 2 aliphatic rings. The highest BCUT2D eigenvalue weighted by Crippen LogP contribution is 2.32. The van der Waals surface area contributed by atoms with E-state index >= 15 is 0 Å². The molecule has 1 aromatic heterocycles. The molecule has 1 heterocycles. The number of aromatic nitrogens is 1. The van der Waals surface area contributed by atoms with Gasteiger partial charge in [-0.25, -0.2) is 4.98 Å². The number of pyridine rings is 1. The summed E-state index contributed by atoms with van der Waals surface area (Å²) in [6, 6.07) is 8.50. The predicted octanol–water partition coefficient (Wildman–Crippen LogP) is 6.25. The van der Waals surface area contributed by atoms with Crippen molar-refractivity contribution in [2.45, 2.75) is 103 Å². The fourth-order valence-corrected chi connectivity index (χ4v) is 5.30. The lowest BCUT2D eigenvalue weighted by Gasteiger charge is -2.29. The Labute approximate surface area is 198 Å². The molecule has 5 heteroatoms. The number of unbranched alkanes of at least 4 members (excludes halogenated alkanes) is 1. The molecule has 0 saturated heterocycles. The third kappa shape index (κ3) is 6.47. The van der Waals surface area contributed by atoms with Gasteiger partial charge in [0.05, 0.1) is 30.5 Å². The maximum atomic E-state index is 12.4. The van der Waals surface area contributed by atoms with Crippen molar-refractivity contribution < 1.29 is 14.3 Å². The van der Waals surface area contributed by atoms with E-state index in [0.29, 0.717) is 25.0 Å². The van der Waals surface area contributed by atoms with Crippen LogP contribution in [0, 0.1) is 12.8 Å². The first-order valence-electron chi connectivity index (χ1n) is 13.1. The Hall–Kier alpha value is -2.14. The van der Waals surface area contributed by atoms with Gasteiger partial charge < -0.3 is 14.8 Å². The lowest BCUT2D eigenvalue weighted by Crippen LogP contribution is -2.39. The summed E-state index contributed by atoms with van der Waals surface area (Å²) in [7, 11) is 0. The number of carbonyl (C=O) groups is 1.